The number of fused-ring (bicyclic) bond motifs is 2. The van der Waals surface area contributed by atoms with E-state index >= 15 is 0 Å². The van der Waals surface area contributed by atoms with E-state index in [0.717, 1.165) is 24.2 Å². The van der Waals surface area contributed by atoms with E-state index in [4.69, 9.17) is 4.74 Å². The first-order chi connectivity index (χ1) is 13.6. The molecule has 3 aliphatic rings. The molecule has 6 heteroatoms. The molecule has 0 spiro atoms. The molecule has 6 nitrogen and oxygen atoms in total. The number of hydrogen-bond acceptors (Lipinski definition) is 4. The van der Waals surface area contributed by atoms with Gasteiger partial charge >= 0.3 is 0 Å². The molecule has 2 aromatic rings. The lowest BCUT2D eigenvalue weighted by atomic mass is 10.0. The molecule has 1 unspecified atom stereocenters. The highest BCUT2D eigenvalue weighted by molar-refractivity contribution is 6.06. The first-order valence-electron chi connectivity index (χ1n) is 9.66. The number of ether oxygens (including phenoxy) is 1. The molecular weight excluding hydrogens is 356 g/mol. The van der Waals surface area contributed by atoms with Crippen molar-refractivity contribution in [2.45, 2.75) is 44.7 Å². The smallest absolute Gasteiger partial charge is 0.258 e. The fraction of sp³-hybridized carbons (Fsp3) is 0.318. The number of hydrogen-bond donors (Lipinski definition) is 1. The Balaban J connectivity index is 1.42. The van der Waals surface area contributed by atoms with Gasteiger partial charge in [-0.3, -0.25) is 19.7 Å². The predicted molar refractivity (Wildman–Crippen MR) is 101 cm³/mol. The second-order valence-corrected chi connectivity index (χ2v) is 7.58. The van der Waals surface area contributed by atoms with Gasteiger partial charge in [0.2, 0.25) is 11.8 Å². The Labute approximate surface area is 162 Å². The van der Waals surface area contributed by atoms with Crippen LogP contribution in [-0.2, 0) is 29.0 Å². The number of aryl methyl sites for hydroxylation is 2. The molecule has 1 saturated heterocycles. The summed E-state index contributed by atoms with van der Waals surface area (Å²) in [4.78, 5) is 38.3. The van der Waals surface area contributed by atoms with Crippen LogP contribution in [0.2, 0.25) is 0 Å². The molecule has 0 bridgehead atoms. The minimum atomic E-state index is -0.620. The largest absolute Gasteiger partial charge is 0.457 e. The number of amides is 3. The number of benzene rings is 2. The Morgan fingerprint density at radius 3 is 2.68 bits per heavy atom. The van der Waals surface area contributed by atoms with Gasteiger partial charge in [0.05, 0.1) is 5.56 Å². The molecule has 0 aromatic heterocycles. The number of piperidine rings is 1. The maximum atomic E-state index is 13.1. The van der Waals surface area contributed by atoms with Crippen LogP contribution < -0.4 is 10.1 Å². The third kappa shape index (κ3) is 2.76. The Bertz CT molecular complexity index is 1010. The Hall–Kier alpha value is -3.15. The standard InChI is InChI=1S/C22H20N2O4/c25-19-10-9-17(21(26)23-19)24-12-15-5-2-6-18(20(15)22(24)27)28-16-8-7-13-3-1-4-14(13)11-16/h2,5-8,11,17H,1,3-4,9-10,12H2,(H,23,25,26). The minimum Gasteiger partial charge on any atom is -0.457 e. The lowest BCUT2D eigenvalue weighted by molar-refractivity contribution is -0.136. The van der Waals surface area contributed by atoms with Crippen molar-refractivity contribution in [1.82, 2.24) is 10.2 Å². The average molecular weight is 376 g/mol. The number of carbonyl (C=O) groups excluding carboxylic acids is 3. The van der Waals surface area contributed by atoms with Gasteiger partial charge in [-0.2, -0.15) is 0 Å². The van der Waals surface area contributed by atoms with E-state index in [0.29, 0.717) is 24.3 Å². The van der Waals surface area contributed by atoms with Crippen LogP contribution in [0.4, 0.5) is 0 Å². The first-order valence-corrected chi connectivity index (χ1v) is 9.66. The van der Waals surface area contributed by atoms with Gasteiger partial charge in [0, 0.05) is 13.0 Å². The highest BCUT2D eigenvalue weighted by atomic mass is 16.5. The van der Waals surface area contributed by atoms with Crippen molar-refractivity contribution < 1.29 is 19.1 Å². The third-order valence-corrected chi connectivity index (χ3v) is 5.81. The molecule has 1 N–H and O–H groups in total. The molecule has 142 valence electrons. The molecular formula is C22H20N2O4. The molecule has 2 aliphatic heterocycles. The lowest BCUT2D eigenvalue weighted by Gasteiger charge is -2.29. The Morgan fingerprint density at radius 2 is 1.82 bits per heavy atom. The van der Waals surface area contributed by atoms with E-state index in [9.17, 15) is 14.4 Å². The monoisotopic (exact) mass is 376 g/mol. The van der Waals surface area contributed by atoms with Crippen molar-refractivity contribution in [3.05, 3.63) is 58.7 Å². The Kier molecular flexibility index (Phi) is 3.93. The summed E-state index contributed by atoms with van der Waals surface area (Å²) in [5, 5.41) is 2.33. The van der Waals surface area contributed by atoms with Gasteiger partial charge in [-0.25, -0.2) is 0 Å². The zero-order chi connectivity index (χ0) is 19.3. The molecule has 0 saturated carbocycles. The quantitative estimate of drug-likeness (QED) is 0.836. The van der Waals surface area contributed by atoms with Gasteiger partial charge in [-0.1, -0.05) is 18.2 Å². The number of nitrogens with zero attached hydrogens (tertiary/aromatic N) is 1. The number of nitrogens with one attached hydrogen (secondary N) is 1. The molecule has 3 amide bonds. The van der Waals surface area contributed by atoms with Gasteiger partial charge < -0.3 is 9.64 Å². The highest BCUT2D eigenvalue weighted by Gasteiger charge is 2.40. The fourth-order valence-electron chi connectivity index (χ4n) is 4.40. The fourth-order valence-corrected chi connectivity index (χ4v) is 4.40. The van der Waals surface area contributed by atoms with E-state index in [2.05, 4.69) is 17.4 Å². The highest BCUT2D eigenvalue weighted by Crippen LogP contribution is 2.36. The van der Waals surface area contributed by atoms with Gasteiger partial charge in [-0.15, -0.1) is 0 Å². The molecule has 0 radical (unpaired) electrons. The van der Waals surface area contributed by atoms with Gasteiger partial charge in [0.1, 0.15) is 17.5 Å². The maximum Gasteiger partial charge on any atom is 0.258 e. The van der Waals surface area contributed by atoms with E-state index < -0.39 is 11.9 Å². The number of imide groups is 1. The number of carbonyl (C=O) groups is 3. The maximum absolute atomic E-state index is 13.1. The summed E-state index contributed by atoms with van der Waals surface area (Å²) >= 11 is 0. The zero-order valence-corrected chi connectivity index (χ0v) is 15.4. The summed E-state index contributed by atoms with van der Waals surface area (Å²) in [6.07, 6.45) is 3.93. The SMILES string of the molecule is O=C1CCC(N2Cc3cccc(Oc4ccc5c(c4)CCC5)c3C2=O)C(=O)N1. The van der Waals surface area contributed by atoms with Crippen molar-refractivity contribution >= 4 is 17.7 Å². The van der Waals surface area contributed by atoms with Crippen LogP contribution in [0.1, 0.15) is 46.3 Å². The van der Waals surface area contributed by atoms with Gasteiger partial charge in [0.15, 0.2) is 0 Å². The zero-order valence-electron chi connectivity index (χ0n) is 15.4. The second-order valence-electron chi connectivity index (χ2n) is 7.58. The van der Waals surface area contributed by atoms with Crippen molar-refractivity contribution in [3.63, 3.8) is 0 Å². The minimum absolute atomic E-state index is 0.221. The van der Waals surface area contributed by atoms with Crippen LogP contribution in [0.5, 0.6) is 11.5 Å². The molecule has 1 atom stereocenters. The summed E-state index contributed by atoms with van der Waals surface area (Å²) in [6, 6.07) is 11.0. The van der Waals surface area contributed by atoms with Crippen molar-refractivity contribution in [3.8, 4) is 11.5 Å². The van der Waals surface area contributed by atoms with Crippen LogP contribution in [0, 0.1) is 0 Å². The van der Waals surface area contributed by atoms with E-state index in [-0.39, 0.29) is 18.2 Å². The van der Waals surface area contributed by atoms with Crippen LogP contribution >= 0.6 is 0 Å². The van der Waals surface area contributed by atoms with Gasteiger partial charge in [-0.05, 0) is 60.6 Å². The van der Waals surface area contributed by atoms with Crippen LogP contribution in [0.3, 0.4) is 0 Å². The summed E-state index contributed by atoms with van der Waals surface area (Å²) in [7, 11) is 0. The summed E-state index contributed by atoms with van der Waals surface area (Å²) in [6.45, 7) is 0.349. The van der Waals surface area contributed by atoms with Crippen molar-refractivity contribution in [1.29, 1.82) is 0 Å². The average Bonchev–Trinajstić information content (AvgIpc) is 3.27. The summed E-state index contributed by atoms with van der Waals surface area (Å²) in [5.74, 6) is 0.322. The van der Waals surface area contributed by atoms with Gasteiger partial charge in [0.25, 0.3) is 5.91 Å². The topological polar surface area (TPSA) is 75.7 Å². The second kappa shape index (κ2) is 6.48. The molecule has 2 aromatic carbocycles. The Morgan fingerprint density at radius 1 is 0.964 bits per heavy atom. The van der Waals surface area contributed by atoms with Crippen LogP contribution in [-0.4, -0.2) is 28.7 Å². The van der Waals surface area contributed by atoms with Crippen molar-refractivity contribution in [2.75, 3.05) is 0 Å². The molecule has 2 heterocycles. The number of rotatable bonds is 3. The van der Waals surface area contributed by atoms with E-state index in [1.54, 1.807) is 11.0 Å². The molecule has 28 heavy (non-hydrogen) atoms. The van der Waals surface area contributed by atoms with Crippen molar-refractivity contribution in [2.24, 2.45) is 0 Å². The first kappa shape index (κ1) is 17.0. The van der Waals surface area contributed by atoms with Crippen LogP contribution in [0.25, 0.3) is 0 Å². The van der Waals surface area contributed by atoms with E-state index in [1.165, 1.54) is 17.5 Å². The molecule has 1 aliphatic carbocycles. The van der Waals surface area contributed by atoms with E-state index in [1.807, 2.05) is 18.2 Å². The third-order valence-electron chi connectivity index (χ3n) is 5.81. The van der Waals surface area contributed by atoms with Crippen LogP contribution in [0.15, 0.2) is 36.4 Å². The normalized spacial score (nSPS) is 20.8. The lowest BCUT2D eigenvalue weighted by Crippen LogP contribution is -2.52. The predicted octanol–water partition coefficient (Wildman–Crippen LogP) is 2.73. The molecule has 1 fully saturated rings. The summed E-state index contributed by atoms with van der Waals surface area (Å²) < 4.78 is 6.09. The summed E-state index contributed by atoms with van der Waals surface area (Å²) in [5.41, 5.74) is 4.02. The molecule has 5 rings (SSSR count).